The van der Waals surface area contributed by atoms with Gasteiger partial charge in [0, 0.05) is 22.6 Å². The van der Waals surface area contributed by atoms with Gasteiger partial charge in [0.05, 0.1) is 6.10 Å². The van der Waals surface area contributed by atoms with Crippen molar-refractivity contribution in [2.75, 3.05) is 5.32 Å². The second-order valence-corrected chi connectivity index (χ2v) is 5.71. The number of aryl methyl sites for hydroxylation is 2. The molecule has 0 bridgehead atoms. The van der Waals surface area contributed by atoms with Crippen LogP contribution in [0.4, 0.5) is 11.6 Å². The number of hydrogen-bond donors (Lipinski definition) is 4. The first-order valence-electron chi connectivity index (χ1n) is 7.67. The summed E-state index contributed by atoms with van der Waals surface area (Å²) in [7, 11) is 0. The number of aromatic nitrogens is 2. The molecule has 8 heteroatoms. The van der Waals surface area contributed by atoms with E-state index in [4.69, 9.17) is 5.11 Å². The van der Waals surface area contributed by atoms with Crippen LogP contribution in [-0.4, -0.2) is 44.2 Å². The Morgan fingerprint density at radius 2 is 1.64 bits per heavy atom. The summed E-state index contributed by atoms with van der Waals surface area (Å²) >= 11 is 0. The number of rotatable bonds is 6. The number of amides is 1. The minimum absolute atomic E-state index is 0.277. The van der Waals surface area contributed by atoms with Gasteiger partial charge in [-0.1, -0.05) is 0 Å². The van der Waals surface area contributed by atoms with E-state index in [0.29, 0.717) is 11.6 Å². The number of nitrogens with one attached hydrogen (secondary N) is 2. The lowest BCUT2D eigenvalue weighted by Gasteiger charge is -2.17. The van der Waals surface area contributed by atoms with Crippen LogP contribution in [0.25, 0.3) is 0 Å². The molecule has 1 heterocycles. The molecule has 0 saturated carbocycles. The van der Waals surface area contributed by atoms with Crippen molar-refractivity contribution in [2.24, 2.45) is 0 Å². The minimum atomic E-state index is -1.37. The maximum atomic E-state index is 12.1. The fraction of sp³-hybridized carbons (Fsp3) is 0.294. The van der Waals surface area contributed by atoms with E-state index in [9.17, 15) is 14.7 Å². The van der Waals surface area contributed by atoms with Crippen molar-refractivity contribution in [3.05, 3.63) is 47.3 Å². The molecule has 0 aliphatic rings. The summed E-state index contributed by atoms with van der Waals surface area (Å²) in [6.45, 7) is 5.04. The summed E-state index contributed by atoms with van der Waals surface area (Å²) in [4.78, 5) is 31.7. The summed E-state index contributed by atoms with van der Waals surface area (Å²) < 4.78 is 0. The third-order valence-electron chi connectivity index (χ3n) is 3.42. The zero-order valence-corrected chi connectivity index (χ0v) is 14.1. The van der Waals surface area contributed by atoms with Crippen LogP contribution in [0.5, 0.6) is 0 Å². The molecule has 4 N–H and O–H groups in total. The Balaban J connectivity index is 2.08. The molecule has 0 fully saturated rings. The van der Waals surface area contributed by atoms with Crippen LogP contribution in [0, 0.1) is 13.8 Å². The molecule has 0 spiro atoms. The van der Waals surface area contributed by atoms with Crippen molar-refractivity contribution in [3.63, 3.8) is 0 Å². The number of aliphatic carboxylic acids is 1. The molecule has 0 saturated heterocycles. The summed E-state index contributed by atoms with van der Waals surface area (Å²) in [5.41, 5.74) is 2.64. The molecule has 2 rings (SSSR count). The van der Waals surface area contributed by atoms with Gasteiger partial charge in [-0.3, -0.25) is 4.79 Å². The van der Waals surface area contributed by atoms with Crippen LogP contribution in [0.3, 0.4) is 0 Å². The van der Waals surface area contributed by atoms with E-state index in [0.717, 1.165) is 11.4 Å². The Morgan fingerprint density at radius 1 is 1.08 bits per heavy atom. The largest absolute Gasteiger partial charge is 0.480 e. The molecular formula is C17H20N4O4. The monoisotopic (exact) mass is 344 g/mol. The number of carboxylic acid groups (broad SMARTS) is 1. The quantitative estimate of drug-likeness (QED) is 0.624. The standard InChI is InChI=1S/C17H20N4O4/c1-9-8-10(2)19-17(18-9)20-13-6-4-12(5-7-13)15(23)21-14(11(3)22)16(24)25/h4-8,11,14,22H,1-3H3,(H,21,23)(H,24,25)(H,18,19,20). The Labute approximate surface area is 144 Å². The second kappa shape index (κ2) is 7.71. The zero-order chi connectivity index (χ0) is 18.6. The summed E-state index contributed by atoms with van der Waals surface area (Å²) in [6, 6.07) is 6.90. The Hall–Kier alpha value is -3.00. The molecular weight excluding hydrogens is 324 g/mol. The van der Waals surface area contributed by atoms with Gasteiger partial charge in [0.2, 0.25) is 5.95 Å². The first-order chi connectivity index (χ1) is 11.8. The number of aliphatic hydroxyl groups excluding tert-OH is 1. The lowest BCUT2D eigenvalue weighted by atomic mass is 10.1. The molecule has 0 radical (unpaired) electrons. The highest BCUT2D eigenvalue weighted by molar-refractivity contribution is 5.97. The number of aliphatic hydroxyl groups is 1. The van der Waals surface area contributed by atoms with Crippen molar-refractivity contribution in [3.8, 4) is 0 Å². The van der Waals surface area contributed by atoms with E-state index < -0.39 is 24.0 Å². The maximum absolute atomic E-state index is 12.1. The number of nitrogens with zero attached hydrogens (tertiary/aromatic N) is 2. The van der Waals surface area contributed by atoms with Crippen molar-refractivity contribution in [1.29, 1.82) is 0 Å². The molecule has 1 aromatic carbocycles. The van der Waals surface area contributed by atoms with Crippen LogP contribution < -0.4 is 10.6 Å². The van der Waals surface area contributed by atoms with E-state index in [2.05, 4.69) is 20.6 Å². The van der Waals surface area contributed by atoms with E-state index in [1.54, 1.807) is 24.3 Å². The van der Waals surface area contributed by atoms with Gasteiger partial charge in [-0.05, 0) is 51.1 Å². The zero-order valence-electron chi connectivity index (χ0n) is 14.1. The van der Waals surface area contributed by atoms with E-state index in [-0.39, 0.29) is 5.56 Å². The molecule has 2 aromatic rings. The summed E-state index contributed by atoms with van der Waals surface area (Å²) in [6.07, 6.45) is -1.20. The number of carboxylic acids is 1. The number of carbonyl (C=O) groups is 2. The molecule has 0 aliphatic carbocycles. The number of carbonyl (C=O) groups excluding carboxylic acids is 1. The predicted molar refractivity (Wildman–Crippen MR) is 91.8 cm³/mol. The average molecular weight is 344 g/mol. The Morgan fingerprint density at radius 3 is 2.12 bits per heavy atom. The molecule has 2 atom stereocenters. The van der Waals surface area contributed by atoms with Crippen LogP contribution >= 0.6 is 0 Å². The van der Waals surface area contributed by atoms with Crippen molar-refractivity contribution < 1.29 is 19.8 Å². The van der Waals surface area contributed by atoms with Crippen LogP contribution in [0.2, 0.25) is 0 Å². The molecule has 2 unspecified atom stereocenters. The van der Waals surface area contributed by atoms with Gasteiger partial charge in [0.25, 0.3) is 5.91 Å². The highest BCUT2D eigenvalue weighted by Crippen LogP contribution is 2.15. The van der Waals surface area contributed by atoms with E-state index in [1.807, 2.05) is 19.9 Å². The van der Waals surface area contributed by atoms with Gasteiger partial charge >= 0.3 is 5.97 Å². The van der Waals surface area contributed by atoms with Crippen molar-refractivity contribution in [1.82, 2.24) is 15.3 Å². The molecule has 1 aromatic heterocycles. The SMILES string of the molecule is Cc1cc(C)nc(Nc2ccc(C(=O)NC(C(=O)O)C(C)O)cc2)n1. The Bertz CT molecular complexity index is 754. The lowest BCUT2D eigenvalue weighted by molar-refractivity contribution is -0.141. The minimum Gasteiger partial charge on any atom is -0.480 e. The first kappa shape index (κ1) is 18.3. The third kappa shape index (κ3) is 4.98. The second-order valence-electron chi connectivity index (χ2n) is 5.71. The average Bonchev–Trinajstić information content (AvgIpc) is 2.51. The van der Waals surface area contributed by atoms with Gasteiger partial charge in [0.15, 0.2) is 6.04 Å². The first-order valence-corrected chi connectivity index (χ1v) is 7.67. The molecule has 1 amide bonds. The van der Waals surface area contributed by atoms with Gasteiger partial charge in [0.1, 0.15) is 0 Å². The van der Waals surface area contributed by atoms with Crippen LogP contribution in [-0.2, 0) is 4.79 Å². The summed E-state index contributed by atoms with van der Waals surface area (Å²) in [5, 5.41) is 23.7. The third-order valence-corrected chi connectivity index (χ3v) is 3.42. The topological polar surface area (TPSA) is 124 Å². The fourth-order valence-electron chi connectivity index (χ4n) is 2.23. The fourth-order valence-corrected chi connectivity index (χ4v) is 2.23. The highest BCUT2D eigenvalue weighted by Gasteiger charge is 2.25. The van der Waals surface area contributed by atoms with Crippen molar-refractivity contribution in [2.45, 2.75) is 32.9 Å². The maximum Gasteiger partial charge on any atom is 0.328 e. The van der Waals surface area contributed by atoms with E-state index >= 15 is 0 Å². The molecule has 0 aliphatic heterocycles. The lowest BCUT2D eigenvalue weighted by Crippen LogP contribution is -2.47. The highest BCUT2D eigenvalue weighted by atomic mass is 16.4. The Kier molecular flexibility index (Phi) is 5.66. The number of hydrogen-bond acceptors (Lipinski definition) is 6. The van der Waals surface area contributed by atoms with Gasteiger partial charge in [-0.2, -0.15) is 0 Å². The number of benzene rings is 1. The van der Waals surface area contributed by atoms with E-state index in [1.165, 1.54) is 6.92 Å². The predicted octanol–water partition coefficient (Wildman–Crippen LogP) is 1.40. The van der Waals surface area contributed by atoms with Gasteiger partial charge in [-0.15, -0.1) is 0 Å². The molecule has 8 nitrogen and oxygen atoms in total. The smallest absolute Gasteiger partial charge is 0.328 e. The molecule has 25 heavy (non-hydrogen) atoms. The normalized spacial score (nSPS) is 13.0. The summed E-state index contributed by atoms with van der Waals surface area (Å²) in [5.74, 6) is -1.43. The van der Waals surface area contributed by atoms with Crippen LogP contribution in [0.1, 0.15) is 28.7 Å². The van der Waals surface area contributed by atoms with Gasteiger partial charge in [-0.25, -0.2) is 14.8 Å². The van der Waals surface area contributed by atoms with Crippen LogP contribution in [0.15, 0.2) is 30.3 Å². The van der Waals surface area contributed by atoms with Gasteiger partial charge < -0.3 is 20.8 Å². The van der Waals surface area contributed by atoms with Crippen molar-refractivity contribution >= 4 is 23.5 Å². The number of anilines is 2. The molecule has 132 valence electrons.